The van der Waals surface area contributed by atoms with Crippen LogP contribution < -0.4 is 10.6 Å². The summed E-state index contributed by atoms with van der Waals surface area (Å²) in [6.45, 7) is 5.78. The second kappa shape index (κ2) is 5.94. The second-order valence-electron chi connectivity index (χ2n) is 7.49. The molecule has 0 saturated carbocycles. The van der Waals surface area contributed by atoms with E-state index >= 15 is 4.39 Å². The van der Waals surface area contributed by atoms with Gasteiger partial charge in [-0.05, 0) is 39.3 Å². The minimum absolute atomic E-state index is 0.284. The highest BCUT2D eigenvalue weighted by molar-refractivity contribution is 6.01. The molecule has 0 radical (unpaired) electrons. The van der Waals surface area contributed by atoms with E-state index in [1.54, 1.807) is 39.1 Å². The Labute approximate surface area is 155 Å². The highest BCUT2D eigenvalue weighted by atomic mass is 19.1. The smallest absolute Gasteiger partial charge is 0.414 e. The molecule has 0 unspecified atom stereocenters. The van der Waals surface area contributed by atoms with Crippen molar-refractivity contribution in [3.63, 3.8) is 0 Å². The molecular weight excluding hydrogens is 349 g/mol. The van der Waals surface area contributed by atoms with Crippen LogP contribution in [-0.4, -0.2) is 33.2 Å². The third kappa shape index (κ3) is 2.87. The van der Waals surface area contributed by atoms with E-state index in [-0.39, 0.29) is 11.6 Å². The lowest BCUT2D eigenvalue weighted by Gasteiger charge is -2.24. The summed E-state index contributed by atoms with van der Waals surface area (Å²) in [6, 6.07) is 3.38. The normalized spacial score (nSPS) is 13.9. The number of nitrogen functional groups attached to an aromatic ring is 1. The first-order valence-corrected chi connectivity index (χ1v) is 8.66. The molecule has 4 rings (SSSR count). The van der Waals surface area contributed by atoms with Crippen molar-refractivity contribution in [1.29, 1.82) is 0 Å². The molecule has 2 aromatic heterocycles. The van der Waals surface area contributed by atoms with E-state index < -0.39 is 11.7 Å². The largest absolute Gasteiger partial charge is 0.443 e. The molecule has 8 heteroatoms. The predicted octanol–water partition coefficient (Wildman–Crippen LogP) is 3.64. The number of nitrogens with two attached hydrogens (primary N) is 1. The zero-order valence-electron chi connectivity index (χ0n) is 15.3. The van der Waals surface area contributed by atoms with Gasteiger partial charge in [0.25, 0.3) is 0 Å². The molecule has 3 heterocycles. The molecule has 0 spiro atoms. The number of carbonyl (C=O) groups is 1. The van der Waals surface area contributed by atoms with Gasteiger partial charge in [-0.25, -0.2) is 19.2 Å². The number of fused-ring (bicyclic) bond motifs is 2. The minimum Gasteiger partial charge on any atom is -0.443 e. The van der Waals surface area contributed by atoms with Crippen LogP contribution in [0.1, 0.15) is 26.3 Å². The maximum absolute atomic E-state index is 15.3. The lowest BCUT2D eigenvalue weighted by Crippen LogP contribution is -2.35. The first-order valence-electron chi connectivity index (χ1n) is 8.66. The number of nitrogens with zero attached hydrogens (tertiary/aromatic N) is 3. The summed E-state index contributed by atoms with van der Waals surface area (Å²) in [5, 5.41) is 0.582. The first-order chi connectivity index (χ1) is 12.8. The van der Waals surface area contributed by atoms with Gasteiger partial charge < -0.3 is 15.5 Å². The molecule has 3 aromatic rings. The van der Waals surface area contributed by atoms with Crippen molar-refractivity contribution in [3.05, 3.63) is 36.0 Å². The molecule has 27 heavy (non-hydrogen) atoms. The summed E-state index contributed by atoms with van der Waals surface area (Å²) in [7, 11) is 0. The molecule has 1 aliphatic rings. The minimum atomic E-state index is -0.611. The van der Waals surface area contributed by atoms with Crippen molar-refractivity contribution in [1.82, 2.24) is 15.0 Å². The van der Waals surface area contributed by atoms with Gasteiger partial charge >= 0.3 is 6.09 Å². The molecule has 0 bridgehead atoms. The molecule has 1 aromatic carbocycles. The zero-order valence-corrected chi connectivity index (χ0v) is 15.3. The van der Waals surface area contributed by atoms with Gasteiger partial charge in [0.1, 0.15) is 29.2 Å². The number of ether oxygens (including phenoxy) is 1. The number of aromatic nitrogens is 3. The summed E-state index contributed by atoms with van der Waals surface area (Å²) in [6.07, 6.45) is 2.97. The Balaban J connectivity index is 1.76. The number of carbonyl (C=O) groups excluding carboxylic acids is 1. The van der Waals surface area contributed by atoms with Crippen LogP contribution >= 0.6 is 0 Å². The number of amides is 1. The predicted molar refractivity (Wildman–Crippen MR) is 101 cm³/mol. The second-order valence-corrected chi connectivity index (χ2v) is 7.49. The number of anilines is 2. The van der Waals surface area contributed by atoms with Gasteiger partial charge in [0, 0.05) is 29.4 Å². The Morgan fingerprint density at radius 1 is 1.30 bits per heavy atom. The van der Waals surface area contributed by atoms with E-state index in [1.165, 1.54) is 11.2 Å². The number of hydrogen-bond acceptors (Lipinski definition) is 5. The molecule has 1 aliphatic heterocycles. The van der Waals surface area contributed by atoms with Crippen molar-refractivity contribution in [2.75, 3.05) is 17.2 Å². The van der Waals surface area contributed by atoms with Gasteiger partial charge in [-0.1, -0.05) is 0 Å². The topological polar surface area (TPSA) is 97.1 Å². The van der Waals surface area contributed by atoms with Crippen LogP contribution in [-0.2, 0) is 11.2 Å². The number of rotatable bonds is 1. The van der Waals surface area contributed by atoms with Crippen molar-refractivity contribution < 1.29 is 13.9 Å². The Morgan fingerprint density at radius 2 is 2.07 bits per heavy atom. The van der Waals surface area contributed by atoms with Crippen molar-refractivity contribution in [2.45, 2.75) is 32.8 Å². The van der Waals surface area contributed by atoms with Crippen LogP contribution in [0.2, 0.25) is 0 Å². The van der Waals surface area contributed by atoms with E-state index in [0.29, 0.717) is 46.4 Å². The van der Waals surface area contributed by atoms with Gasteiger partial charge in [0.15, 0.2) is 0 Å². The Morgan fingerprint density at radius 3 is 2.81 bits per heavy atom. The highest BCUT2D eigenvalue weighted by Crippen LogP contribution is 2.39. The van der Waals surface area contributed by atoms with Crippen LogP contribution in [0.5, 0.6) is 0 Å². The lowest BCUT2D eigenvalue weighted by molar-refractivity contribution is 0.0584. The summed E-state index contributed by atoms with van der Waals surface area (Å²) in [4.78, 5) is 25.0. The lowest BCUT2D eigenvalue weighted by atomic mass is 10.0. The summed E-state index contributed by atoms with van der Waals surface area (Å²) in [5.74, 6) is -0.0887. The van der Waals surface area contributed by atoms with Crippen LogP contribution in [0, 0.1) is 5.82 Å². The molecule has 0 fully saturated rings. The fourth-order valence-corrected chi connectivity index (χ4v) is 3.36. The quantitative estimate of drug-likeness (QED) is 0.682. The zero-order chi connectivity index (χ0) is 19.3. The van der Waals surface area contributed by atoms with E-state index in [4.69, 9.17) is 10.5 Å². The summed E-state index contributed by atoms with van der Waals surface area (Å²) < 4.78 is 20.7. The maximum atomic E-state index is 15.3. The van der Waals surface area contributed by atoms with Crippen LogP contribution in [0.25, 0.3) is 22.2 Å². The third-order valence-electron chi connectivity index (χ3n) is 4.50. The fraction of sp³-hybridized carbons (Fsp3) is 0.316. The van der Waals surface area contributed by atoms with Gasteiger partial charge in [0.05, 0.1) is 11.1 Å². The number of hydrogen-bond donors (Lipinski definition) is 2. The number of aromatic amines is 1. The summed E-state index contributed by atoms with van der Waals surface area (Å²) >= 11 is 0. The van der Waals surface area contributed by atoms with Gasteiger partial charge in [-0.15, -0.1) is 0 Å². The summed E-state index contributed by atoms with van der Waals surface area (Å²) in [5.41, 5.74) is 7.91. The molecule has 3 N–H and O–H groups in total. The third-order valence-corrected chi connectivity index (χ3v) is 4.50. The van der Waals surface area contributed by atoms with E-state index in [2.05, 4.69) is 15.0 Å². The molecule has 0 aliphatic carbocycles. The molecule has 0 atom stereocenters. The van der Waals surface area contributed by atoms with E-state index in [1.807, 2.05) is 0 Å². The van der Waals surface area contributed by atoms with Crippen LogP contribution in [0.15, 0.2) is 24.7 Å². The standard InChI is InChI=1S/C19H20FN5O2/c1-19(2,3)27-18(26)25-7-6-11-13(25)5-4-10(15(11)20)12-8-22-17-14(12)16(21)23-9-24-17/h4-5,8-9H,6-7H2,1-3H3,(H3,21,22,23,24). The Kier molecular flexibility index (Phi) is 3.80. The van der Waals surface area contributed by atoms with Crippen molar-refractivity contribution in [2.24, 2.45) is 0 Å². The number of nitrogens with one attached hydrogen (secondary N) is 1. The van der Waals surface area contributed by atoms with Crippen molar-refractivity contribution >= 4 is 28.6 Å². The van der Waals surface area contributed by atoms with Gasteiger partial charge in [-0.3, -0.25) is 4.90 Å². The Hall–Kier alpha value is -3.16. The van der Waals surface area contributed by atoms with Crippen LogP contribution in [0.3, 0.4) is 0 Å². The Bertz CT molecular complexity index is 1050. The van der Waals surface area contributed by atoms with Gasteiger partial charge in [-0.2, -0.15) is 0 Å². The first kappa shape index (κ1) is 17.3. The molecule has 7 nitrogen and oxygen atoms in total. The van der Waals surface area contributed by atoms with Crippen molar-refractivity contribution in [3.8, 4) is 11.1 Å². The average molecular weight is 369 g/mol. The molecule has 140 valence electrons. The average Bonchev–Trinajstić information content (AvgIpc) is 3.19. The monoisotopic (exact) mass is 369 g/mol. The van der Waals surface area contributed by atoms with Crippen LogP contribution in [0.4, 0.5) is 20.7 Å². The van der Waals surface area contributed by atoms with E-state index in [9.17, 15) is 4.79 Å². The molecule has 0 saturated heterocycles. The number of benzene rings is 1. The van der Waals surface area contributed by atoms with E-state index in [0.717, 1.165) is 0 Å². The number of H-pyrrole nitrogens is 1. The molecule has 1 amide bonds. The van der Waals surface area contributed by atoms with Gasteiger partial charge in [0.2, 0.25) is 0 Å². The molecular formula is C19H20FN5O2. The SMILES string of the molecule is CC(C)(C)OC(=O)N1CCc2c1ccc(-c1c[nH]c3ncnc(N)c13)c2F. The maximum Gasteiger partial charge on any atom is 0.414 e. The highest BCUT2D eigenvalue weighted by Gasteiger charge is 2.32. The number of halogens is 1. The fourth-order valence-electron chi connectivity index (χ4n) is 3.36.